The van der Waals surface area contributed by atoms with Crippen molar-refractivity contribution in [1.82, 2.24) is 9.80 Å². The molecule has 0 aliphatic carbocycles. The zero-order valence-electron chi connectivity index (χ0n) is 12.0. The van der Waals surface area contributed by atoms with Crippen LogP contribution in [0.3, 0.4) is 0 Å². The molecule has 0 aromatic rings. The van der Waals surface area contributed by atoms with Crippen LogP contribution in [0.4, 0.5) is 0 Å². The molecule has 0 fully saturated rings. The minimum absolute atomic E-state index is 0.231. The van der Waals surface area contributed by atoms with Crippen molar-refractivity contribution in [2.24, 2.45) is 5.41 Å². The van der Waals surface area contributed by atoms with Gasteiger partial charge in [-0.1, -0.05) is 27.7 Å². The summed E-state index contributed by atoms with van der Waals surface area (Å²) in [6.07, 6.45) is 0. The van der Waals surface area contributed by atoms with E-state index in [4.69, 9.17) is 0 Å². The highest BCUT2D eigenvalue weighted by molar-refractivity contribution is 5.85. The Bertz CT molecular complexity index is 218. The molecule has 1 unspecified atom stereocenters. The van der Waals surface area contributed by atoms with Gasteiger partial charge in [0.05, 0.1) is 6.54 Å². The number of rotatable bonds is 6. The minimum Gasteiger partial charge on any atom is -0.308 e. The fourth-order valence-electron chi connectivity index (χ4n) is 1.64. The summed E-state index contributed by atoms with van der Waals surface area (Å²) in [6.45, 7) is 12.7. The van der Waals surface area contributed by atoms with Gasteiger partial charge in [-0.2, -0.15) is 0 Å². The molecule has 0 saturated heterocycles. The molecule has 0 aliphatic heterocycles. The summed E-state index contributed by atoms with van der Waals surface area (Å²) < 4.78 is 0. The molecule has 0 amide bonds. The monoisotopic (exact) mass is 228 g/mol. The number of ketones is 1. The summed E-state index contributed by atoms with van der Waals surface area (Å²) in [4.78, 5) is 16.4. The van der Waals surface area contributed by atoms with Crippen molar-refractivity contribution in [3.8, 4) is 0 Å². The van der Waals surface area contributed by atoms with E-state index < -0.39 is 0 Å². The van der Waals surface area contributed by atoms with Crippen LogP contribution in [0, 0.1) is 5.41 Å². The van der Waals surface area contributed by atoms with Crippen molar-refractivity contribution < 1.29 is 4.79 Å². The lowest BCUT2D eigenvalue weighted by atomic mass is 9.90. The van der Waals surface area contributed by atoms with Gasteiger partial charge in [-0.05, 0) is 27.6 Å². The van der Waals surface area contributed by atoms with Crippen LogP contribution in [-0.2, 0) is 4.79 Å². The van der Waals surface area contributed by atoms with E-state index in [1.54, 1.807) is 0 Å². The molecule has 0 bridgehead atoms. The molecular formula is C13H28N2O. The molecule has 0 aliphatic rings. The fourth-order valence-corrected chi connectivity index (χ4v) is 1.64. The molecule has 16 heavy (non-hydrogen) atoms. The highest BCUT2D eigenvalue weighted by Gasteiger charge is 2.24. The van der Waals surface area contributed by atoms with Crippen molar-refractivity contribution in [2.45, 2.75) is 40.7 Å². The van der Waals surface area contributed by atoms with E-state index in [1.807, 2.05) is 20.8 Å². The first-order chi connectivity index (χ1) is 7.18. The van der Waals surface area contributed by atoms with Crippen LogP contribution in [0.1, 0.15) is 34.6 Å². The van der Waals surface area contributed by atoms with Gasteiger partial charge in [-0.25, -0.2) is 0 Å². The Hall–Kier alpha value is -0.410. The van der Waals surface area contributed by atoms with Gasteiger partial charge in [0, 0.05) is 18.0 Å². The van der Waals surface area contributed by atoms with Crippen LogP contribution in [0.2, 0.25) is 0 Å². The van der Waals surface area contributed by atoms with Crippen molar-refractivity contribution >= 4 is 5.78 Å². The first-order valence-electron chi connectivity index (χ1n) is 6.10. The number of carbonyl (C=O) groups is 1. The van der Waals surface area contributed by atoms with Gasteiger partial charge in [0.2, 0.25) is 0 Å². The van der Waals surface area contributed by atoms with Crippen molar-refractivity contribution in [3.05, 3.63) is 0 Å². The molecule has 0 spiro atoms. The third kappa shape index (κ3) is 5.61. The second-order valence-corrected chi connectivity index (χ2v) is 5.85. The van der Waals surface area contributed by atoms with E-state index >= 15 is 0 Å². The first kappa shape index (κ1) is 15.6. The average molecular weight is 228 g/mol. The largest absolute Gasteiger partial charge is 0.308 e. The maximum Gasteiger partial charge on any atom is 0.152 e. The topological polar surface area (TPSA) is 23.6 Å². The third-order valence-electron chi connectivity index (χ3n) is 2.84. The van der Waals surface area contributed by atoms with Gasteiger partial charge in [-0.15, -0.1) is 0 Å². The van der Waals surface area contributed by atoms with E-state index in [9.17, 15) is 4.79 Å². The Morgan fingerprint density at radius 3 is 2.06 bits per heavy atom. The molecule has 0 aromatic heterocycles. The van der Waals surface area contributed by atoms with Crippen LogP contribution < -0.4 is 0 Å². The van der Waals surface area contributed by atoms with Gasteiger partial charge in [-0.3, -0.25) is 9.69 Å². The molecule has 0 N–H and O–H groups in total. The van der Waals surface area contributed by atoms with Crippen LogP contribution in [0.15, 0.2) is 0 Å². The lowest BCUT2D eigenvalue weighted by Crippen LogP contribution is -2.44. The Labute approximate surface area is 101 Å². The Kier molecular flexibility index (Phi) is 6.19. The minimum atomic E-state index is -0.231. The number of nitrogens with zero attached hydrogens (tertiary/aromatic N) is 2. The van der Waals surface area contributed by atoms with E-state index in [0.29, 0.717) is 18.4 Å². The number of likely N-dealkylation sites (N-methyl/N-ethyl adjacent to an activating group) is 2. The van der Waals surface area contributed by atoms with Crippen molar-refractivity contribution in [1.29, 1.82) is 0 Å². The van der Waals surface area contributed by atoms with Crippen LogP contribution in [0.25, 0.3) is 0 Å². The third-order valence-corrected chi connectivity index (χ3v) is 2.84. The quantitative estimate of drug-likeness (QED) is 0.693. The van der Waals surface area contributed by atoms with Gasteiger partial charge in [0.1, 0.15) is 0 Å². The maximum atomic E-state index is 12.0. The van der Waals surface area contributed by atoms with E-state index in [-0.39, 0.29) is 5.41 Å². The SMILES string of the molecule is CCN(CC(=O)C(C)(C)C)C(C)CN(C)C. The molecule has 0 saturated carbocycles. The number of hydrogen-bond acceptors (Lipinski definition) is 3. The molecule has 0 rings (SSSR count). The summed E-state index contributed by atoms with van der Waals surface area (Å²) in [5.41, 5.74) is -0.231. The smallest absolute Gasteiger partial charge is 0.152 e. The molecule has 3 nitrogen and oxygen atoms in total. The zero-order chi connectivity index (χ0) is 12.9. The number of carbonyl (C=O) groups excluding carboxylic acids is 1. The van der Waals surface area contributed by atoms with Crippen molar-refractivity contribution in [2.75, 3.05) is 33.7 Å². The summed E-state index contributed by atoms with van der Waals surface area (Å²) in [6, 6.07) is 0.422. The highest BCUT2D eigenvalue weighted by atomic mass is 16.1. The Morgan fingerprint density at radius 1 is 1.25 bits per heavy atom. The number of Topliss-reactive ketones (excluding diaryl/α,β-unsaturated/α-hetero) is 1. The normalized spacial score (nSPS) is 14.6. The lowest BCUT2D eigenvalue weighted by molar-refractivity contribution is -0.128. The standard InChI is InChI=1S/C13H28N2O/c1-8-15(11(2)9-14(6)7)10-12(16)13(3,4)5/h11H,8-10H2,1-7H3. The first-order valence-corrected chi connectivity index (χ1v) is 6.10. The molecule has 0 aromatic carbocycles. The fraction of sp³-hybridized carbons (Fsp3) is 0.923. The van der Waals surface area contributed by atoms with Gasteiger partial charge >= 0.3 is 0 Å². The summed E-state index contributed by atoms with van der Waals surface area (Å²) in [5.74, 6) is 0.319. The lowest BCUT2D eigenvalue weighted by Gasteiger charge is -2.31. The number of hydrogen-bond donors (Lipinski definition) is 0. The molecule has 96 valence electrons. The summed E-state index contributed by atoms with van der Waals surface area (Å²) >= 11 is 0. The second kappa shape index (κ2) is 6.36. The average Bonchev–Trinajstić information content (AvgIpc) is 2.10. The highest BCUT2D eigenvalue weighted by Crippen LogP contribution is 2.16. The Balaban J connectivity index is 4.35. The summed E-state index contributed by atoms with van der Waals surface area (Å²) in [5, 5.41) is 0. The van der Waals surface area contributed by atoms with E-state index in [1.165, 1.54) is 0 Å². The van der Waals surface area contributed by atoms with Crippen LogP contribution in [0.5, 0.6) is 0 Å². The zero-order valence-corrected chi connectivity index (χ0v) is 12.0. The molecule has 1 atom stereocenters. The molecular weight excluding hydrogens is 200 g/mol. The van der Waals surface area contributed by atoms with Gasteiger partial charge in [0.15, 0.2) is 5.78 Å². The van der Waals surface area contributed by atoms with Crippen molar-refractivity contribution in [3.63, 3.8) is 0 Å². The van der Waals surface area contributed by atoms with Gasteiger partial charge in [0.25, 0.3) is 0 Å². The molecule has 0 heterocycles. The molecule has 3 heteroatoms. The van der Waals surface area contributed by atoms with E-state index in [2.05, 4.69) is 37.7 Å². The van der Waals surface area contributed by atoms with Crippen LogP contribution >= 0.6 is 0 Å². The maximum absolute atomic E-state index is 12.0. The second-order valence-electron chi connectivity index (χ2n) is 5.85. The molecule has 0 radical (unpaired) electrons. The van der Waals surface area contributed by atoms with Crippen LogP contribution in [-0.4, -0.2) is 55.4 Å². The predicted octanol–water partition coefficient (Wildman–Crippen LogP) is 1.87. The van der Waals surface area contributed by atoms with Gasteiger partial charge < -0.3 is 4.90 Å². The Morgan fingerprint density at radius 2 is 1.75 bits per heavy atom. The predicted molar refractivity (Wildman–Crippen MR) is 69.7 cm³/mol. The summed E-state index contributed by atoms with van der Waals surface area (Å²) in [7, 11) is 4.13. The van der Waals surface area contributed by atoms with E-state index in [0.717, 1.165) is 13.1 Å².